The molecule has 0 aliphatic heterocycles. The lowest BCUT2D eigenvalue weighted by atomic mass is 10.0. The van der Waals surface area contributed by atoms with Gasteiger partial charge >= 0.3 is 0 Å². The van der Waals surface area contributed by atoms with E-state index in [1.54, 1.807) is 18.3 Å². The van der Waals surface area contributed by atoms with Crippen LogP contribution in [-0.4, -0.2) is 11.6 Å². The summed E-state index contributed by atoms with van der Waals surface area (Å²) in [7, 11) is 0. The van der Waals surface area contributed by atoms with Gasteiger partial charge in [0.15, 0.2) is 0 Å². The zero-order valence-electron chi connectivity index (χ0n) is 11.8. The molecule has 0 bridgehead atoms. The number of ether oxygens (including phenoxy) is 1. The molecule has 1 heterocycles. The van der Waals surface area contributed by atoms with Crippen LogP contribution < -0.4 is 10.1 Å². The van der Waals surface area contributed by atoms with E-state index in [4.69, 9.17) is 4.74 Å². The summed E-state index contributed by atoms with van der Waals surface area (Å²) in [5.74, 6) is 0.393. The van der Waals surface area contributed by atoms with E-state index in [2.05, 4.69) is 17.2 Å². The minimum atomic E-state index is -0.215. The molecule has 106 valence electrons. The van der Waals surface area contributed by atoms with Crippen LogP contribution in [0.5, 0.6) is 5.88 Å². The predicted molar refractivity (Wildman–Crippen MR) is 78.5 cm³/mol. The molecule has 0 saturated carbocycles. The molecule has 0 fully saturated rings. The average Bonchev–Trinajstić information content (AvgIpc) is 2.47. The fourth-order valence-electron chi connectivity index (χ4n) is 2.04. The van der Waals surface area contributed by atoms with E-state index >= 15 is 0 Å². The molecule has 20 heavy (non-hydrogen) atoms. The van der Waals surface area contributed by atoms with Crippen LogP contribution in [0.3, 0.4) is 0 Å². The van der Waals surface area contributed by atoms with Gasteiger partial charge in [-0.1, -0.05) is 19.1 Å². The van der Waals surface area contributed by atoms with E-state index < -0.39 is 0 Å². The maximum Gasteiger partial charge on any atom is 0.213 e. The van der Waals surface area contributed by atoms with Crippen LogP contribution in [0, 0.1) is 5.82 Å². The number of rotatable bonds is 6. The molecule has 1 aromatic heterocycles. The maximum absolute atomic E-state index is 13.3. The topological polar surface area (TPSA) is 34.1 Å². The number of benzene rings is 1. The molecular weight excluding hydrogens is 255 g/mol. The third kappa shape index (κ3) is 3.70. The molecule has 0 saturated heterocycles. The normalized spacial score (nSPS) is 11.9. The number of pyridine rings is 1. The second kappa shape index (κ2) is 6.89. The second-order valence-electron chi connectivity index (χ2n) is 4.48. The van der Waals surface area contributed by atoms with Gasteiger partial charge in [-0.3, -0.25) is 0 Å². The molecule has 2 aromatic rings. The molecule has 0 spiro atoms. The molecule has 4 heteroatoms. The minimum absolute atomic E-state index is 0.0606. The van der Waals surface area contributed by atoms with Crippen molar-refractivity contribution in [1.29, 1.82) is 0 Å². The van der Waals surface area contributed by atoms with Gasteiger partial charge in [-0.05, 0) is 37.1 Å². The van der Waals surface area contributed by atoms with Crippen LogP contribution in [0.15, 0.2) is 42.6 Å². The van der Waals surface area contributed by atoms with Gasteiger partial charge in [-0.25, -0.2) is 9.37 Å². The quantitative estimate of drug-likeness (QED) is 0.858. The second-order valence-corrected chi connectivity index (χ2v) is 4.48. The standard InChI is InChI=1S/C16H19FN2O/c1-3-15(12-6-5-7-13(17)10-12)19-14-8-9-16(18-11-14)20-4-2/h5-11,15,19H,3-4H2,1-2H3. The highest BCUT2D eigenvalue weighted by Gasteiger charge is 2.10. The van der Waals surface area contributed by atoms with E-state index in [0.29, 0.717) is 12.5 Å². The summed E-state index contributed by atoms with van der Waals surface area (Å²) < 4.78 is 18.6. The summed E-state index contributed by atoms with van der Waals surface area (Å²) in [5, 5.41) is 3.36. The summed E-state index contributed by atoms with van der Waals surface area (Å²) in [4.78, 5) is 4.21. The molecule has 1 aromatic carbocycles. The molecule has 0 aliphatic rings. The molecule has 1 unspecified atom stereocenters. The molecule has 2 rings (SSSR count). The summed E-state index contributed by atoms with van der Waals surface area (Å²) in [6, 6.07) is 10.5. The number of hydrogen-bond donors (Lipinski definition) is 1. The van der Waals surface area contributed by atoms with Gasteiger partial charge in [0.2, 0.25) is 5.88 Å². The first-order valence-electron chi connectivity index (χ1n) is 6.83. The number of halogens is 1. The van der Waals surface area contributed by atoms with E-state index in [9.17, 15) is 4.39 Å². The number of aromatic nitrogens is 1. The van der Waals surface area contributed by atoms with Gasteiger partial charge in [0.05, 0.1) is 24.5 Å². The molecular formula is C16H19FN2O. The van der Waals surface area contributed by atoms with Crippen molar-refractivity contribution in [2.75, 3.05) is 11.9 Å². The van der Waals surface area contributed by atoms with Crippen LogP contribution >= 0.6 is 0 Å². The Morgan fingerprint density at radius 3 is 2.70 bits per heavy atom. The summed E-state index contributed by atoms with van der Waals surface area (Å²) in [6.45, 7) is 4.58. The number of nitrogens with one attached hydrogen (secondary N) is 1. The Morgan fingerprint density at radius 2 is 2.10 bits per heavy atom. The van der Waals surface area contributed by atoms with Crippen molar-refractivity contribution < 1.29 is 9.13 Å². The molecule has 3 nitrogen and oxygen atoms in total. The first-order chi connectivity index (χ1) is 9.72. The monoisotopic (exact) mass is 274 g/mol. The summed E-state index contributed by atoms with van der Waals surface area (Å²) in [5.41, 5.74) is 1.82. The van der Waals surface area contributed by atoms with Gasteiger partial charge in [0, 0.05) is 6.07 Å². The molecule has 0 radical (unpaired) electrons. The average molecular weight is 274 g/mol. The van der Waals surface area contributed by atoms with Crippen LogP contribution in [-0.2, 0) is 0 Å². The first kappa shape index (κ1) is 14.3. The molecule has 0 aliphatic carbocycles. The first-order valence-corrected chi connectivity index (χ1v) is 6.83. The lowest BCUT2D eigenvalue weighted by molar-refractivity contribution is 0.327. The van der Waals surface area contributed by atoms with Crippen LogP contribution in [0.1, 0.15) is 31.9 Å². The SMILES string of the molecule is CCOc1ccc(NC(CC)c2cccc(F)c2)cn1. The maximum atomic E-state index is 13.3. The lowest BCUT2D eigenvalue weighted by Crippen LogP contribution is -2.10. The van der Waals surface area contributed by atoms with Crippen molar-refractivity contribution >= 4 is 5.69 Å². The third-order valence-corrected chi connectivity index (χ3v) is 3.03. The largest absolute Gasteiger partial charge is 0.478 e. The van der Waals surface area contributed by atoms with Gasteiger partial charge in [0.25, 0.3) is 0 Å². The third-order valence-electron chi connectivity index (χ3n) is 3.03. The van der Waals surface area contributed by atoms with Gasteiger partial charge in [0.1, 0.15) is 5.82 Å². The molecule has 1 N–H and O–H groups in total. The highest BCUT2D eigenvalue weighted by atomic mass is 19.1. The highest BCUT2D eigenvalue weighted by Crippen LogP contribution is 2.23. The van der Waals surface area contributed by atoms with Crippen molar-refractivity contribution in [1.82, 2.24) is 4.98 Å². The molecule has 1 atom stereocenters. The Morgan fingerprint density at radius 1 is 1.25 bits per heavy atom. The van der Waals surface area contributed by atoms with Crippen LogP contribution in [0.25, 0.3) is 0 Å². The van der Waals surface area contributed by atoms with E-state index in [1.165, 1.54) is 6.07 Å². The van der Waals surface area contributed by atoms with Crippen molar-refractivity contribution in [2.45, 2.75) is 26.3 Å². The number of anilines is 1. The summed E-state index contributed by atoms with van der Waals surface area (Å²) >= 11 is 0. The Labute approximate surface area is 118 Å². The molecule has 0 amide bonds. The van der Waals surface area contributed by atoms with Gasteiger partial charge in [-0.2, -0.15) is 0 Å². The van der Waals surface area contributed by atoms with Crippen molar-refractivity contribution in [3.8, 4) is 5.88 Å². The number of hydrogen-bond acceptors (Lipinski definition) is 3. The predicted octanol–water partition coefficient (Wildman–Crippen LogP) is 4.18. The van der Waals surface area contributed by atoms with Crippen molar-refractivity contribution in [3.05, 3.63) is 54.0 Å². The van der Waals surface area contributed by atoms with Crippen LogP contribution in [0.4, 0.5) is 10.1 Å². The van der Waals surface area contributed by atoms with E-state index in [-0.39, 0.29) is 11.9 Å². The van der Waals surface area contributed by atoms with E-state index in [0.717, 1.165) is 17.7 Å². The van der Waals surface area contributed by atoms with Crippen molar-refractivity contribution in [3.63, 3.8) is 0 Å². The zero-order valence-corrected chi connectivity index (χ0v) is 11.8. The van der Waals surface area contributed by atoms with Crippen molar-refractivity contribution in [2.24, 2.45) is 0 Å². The fourth-order valence-corrected chi connectivity index (χ4v) is 2.04. The van der Waals surface area contributed by atoms with E-state index in [1.807, 2.05) is 25.1 Å². The Kier molecular flexibility index (Phi) is 4.93. The Hall–Kier alpha value is -2.10. The highest BCUT2D eigenvalue weighted by molar-refractivity contribution is 5.44. The smallest absolute Gasteiger partial charge is 0.213 e. The Bertz CT molecular complexity index is 542. The van der Waals surface area contributed by atoms with Crippen LogP contribution in [0.2, 0.25) is 0 Å². The zero-order chi connectivity index (χ0) is 14.4. The lowest BCUT2D eigenvalue weighted by Gasteiger charge is -2.18. The van der Waals surface area contributed by atoms with Gasteiger partial charge in [-0.15, -0.1) is 0 Å². The fraction of sp³-hybridized carbons (Fsp3) is 0.312. The van der Waals surface area contributed by atoms with Gasteiger partial charge < -0.3 is 10.1 Å². The Balaban J connectivity index is 2.09. The number of nitrogens with zero attached hydrogens (tertiary/aromatic N) is 1. The minimum Gasteiger partial charge on any atom is -0.478 e. The summed E-state index contributed by atoms with van der Waals surface area (Å²) in [6.07, 6.45) is 2.59.